The lowest BCUT2D eigenvalue weighted by Gasteiger charge is -2.44. The van der Waals surface area contributed by atoms with Gasteiger partial charge in [-0.1, -0.05) is 12.2 Å². The SMILES string of the molecule is C=C(C)C1=C(N=CC)CCN(CCCN2CC(N3CCCC3=O)C2)C1. The molecule has 138 valence electrons. The highest BCUT2D eigenvalue weighted by molar-refractivity contribution is 5.78. The van der Waals surface area contributed by atoms with E-state index in [4.69, 9.17) is 0 Å². The standard InChI is InChI=1S/C20H32N4O/c1-4-21-19-8-12-22(15-18(19)16(2)3)9-6-10-23-13-17(14-23)24-11-5-7-20(24)25/h4,17H,2,5-15H2,1,3H3. The van der Waals surface area contributed by atoms with Crippen LogP contribution in [0.5, 0.6) is 0 Å². The second kappa shape index (κ2) is 8.28. The van der Waals surface area contributed by atoms with Crippen LogP contribution in [0.1, 0.15) is 39.5 Å². The van der Waals surface area contributed by atoms with Gasteiger partial charge in [-0.05, 0) is 45.4 Å². The summed E-state index contributed by atoms with van der Waals surface area (Å²) in [7, 11) is 0. The van der Waals surface area contributed by atoms with Crippen LogP contribution in [0.15, 0.2) is 28.4 Å². The lowest BCUT2D eigenvalue weighted by molar-refractivity contribution is -0.132. The number of hydrogen-bond donors (Lipinski definition) is 0. The van der Waals surface area contributed by atoms with Crippen LogP contribution < -0.4 is 0 Å². The van der Waals surface area contributed by atoms with Crippen LogP contribution in [0.3, 0.4) is 0 Å². The fourth-order valence-corrected chi connectivity index (χ4v) is 4.17. The highest BCUT2D eigenvalue weighted by Crippen LogP contribution is 2.24. The van der Waals surface area contributed by atoms with Gasteiger partial charge in [-0.3, -0.25) is 19.6 Å². The molecule has 0 N–H and O–H groups in total. The minimum absolute atomic E-state index is 0.364. The Hall–Kier alpha value is -1.46. The first-order valence-electron chi connectivity index (χ1n) is 9.69. The van der Waals surface area contributed by atoms with Crippen LogP contribution in [0.2, 0.25) is 0 Å². The first-order chi connectivity index (χ1) is 12.1. The van der Waals surface area contributed by atoms with E-state index in [1.807, 2.05) is 13.1 Å². The topological polar surface area (TPSA) is 39.1 Å². The van der Waals surface area contributed by atoms with Gasteiger partial charge in [0.05, 0.1) is 6.04 Å². The van der Waals surface area contributed by atoms with Crippen LogP contribution in [0.4, 0.5) is 0 Å². The van der Waals surface area contributed by atoms with Gasteiger partial charge in [0.25, 0.3) is 0 Å². The third kappa shape index (κ3) is 4.39. The first-order valence-corrected chi connectivity index (χ1v) is 9.69. The summed E-state index contributed by atoms with van der Waals surface area (Å²) in [5, 5.41) is 0. The van der Waals surface area contributed by atoms with Crippen molar-refractivity contribution in [3.63, 3.8) is 0 Å². The Morgan fingerprint density at radius 3 is 2.64 bits per heavy atom. The number of carbonyl (C=O) groups excluding carboxylic acids is 1. The van der Waals surface area contributed by atoms with Crippen molar-refractivity contribution in [2.45, 2.75) is 45.6 Å². The Morgan fingerprint density at radius 1 is 1.24 bits per heavy atom. The van der Waals surface area contributed by atoms with Crippen LogP contribution in [-0.2, 0) is 4.79 Å². The molecule has 1 amide bonds. The summed E-state index contributed by atoms with van der Waals surface area (Å²) in [5.74, 6) is 0.364. The van der Waals surface area contributed by atoms with Crippen molar-refractivity contribution < 1.29 is 4.79 Å². The van der Waals surface area contributed by atoms with Gasteiger partial charge in [0, 0.05) is 57.5 Å². The molecule has 2 saturated heterocycles. The fourth-order valence-electron chi connectivity index (χ4n) is 4.17. The molecule has 0 radical (unpaired) electrons. The van der Waals surface area contributed by atoms with Crippen molar-refractivity contribution in [1.29, 1.82) is 0 Å². The molecule has 0 aromatic rings. The van der Waals surface area contributed by atoms with Crippen LogP contribution in [-0.4, -0.2) is 78.7 Å². The fraction of sp³-hybridized carbons (Fsp3) is 0.700. The smallest absolute Gasteiger partial charge is 0.222 e. The normalized spacial score (nSPS) is 23.8. The van der Waals surface area contributed by atoms with Gasteiger partial charge in [-0.15, -0.1) is 0 Å². The molecule has 5 heteroatoms. The van der Waals surface area contributed by atoms with Crippen molar-refractivity contribution in [2.24, 2.45) is 4.99 Å². The molecule has 0 unspecified atom stereocenters. The van der Waals surface area contributed by atoms with Crippen LogP contribution >= 0.6 is 0 Å². The molecular formula is C20H32N4O. The van der Waals surface area contributed by atoms with E-state index >= 15 is 0 Å². The van der Waals surface area contributed by atoms with E-state index in [1.54, 1.807) is 0 Å². The van der Waals surface area contributed by atoms with Gasteiger partial charge in [0.15, 0.2) is 0 Å². The summed E-state index contributed by atoms with van der Waals surface area (Å²) in [6.45, 7) is 15.6. The molecule has 25 heavy (non-hydrogen) atoms. The predicted octanol–water partition coefficient (Wildman–Crippen LogP) is 2.31. The Bertz CT molecular complexity index is 574. The van der Waals surface area contributed by atoms with Crippen LogP contribution in [0, 0.1) is 0 Å². The van der Waals surface area contributed by atoms with Gasteiger partial charge in [0.1, 0.15) is 0 Å². The molecule has 0 bridgehead atoms. The van der Waals surface area contributed by atoms with E-state index in [0.29, 0.717) is 11.9 Å². The van der Waals surface area contributed by atoms with E-state index in [1.165, 1.54) is 17.7 Å². The second-order valence-corrected chi connectivity index (χ2v) is 7.58. The summed E-state index contributed by atoms with van der Waals surface area (Å²) in [5.41, 5.74) is 3.68. The lowest BCUT2D eigenvalue weighted by Crippen LogP contribution is -2.59. The molecule has 0 atom stereocenters. The van der Waals surface area contributed by atoms with E-state index in [9.17, 15) is 4.79 Å². The molecule has 2 fully saturated rings. The van der Waals surface area contributed by atoms with Crippen molar-refractivity contribution in [3.8, 4) is 0 Å². The first kappa shape index (κ1) is 18.3. The Labute approximate surface area is 152 Å². The maximum Gasteiger partial charge on any atom is 0.222 e. The van der Waals surface area contributed by atoms with Crippen molar-refractivity contribution in [3.05, 3.63) is 23.4 Å². The largest absolute Gasteiger partial charge is 0.337 e. The average Bonchev–Trinajstić information content (AvgIpc) is 2.96. The van der Waals surface area contributed by atoms with Gasteiger partial charge < -0.3 is 4.90 Å². The van der Waals surface area contributed by atoms with Gasteiger partial charge in [-0.25, -0.2) is 0 Å². The van der Waals surface area contributed by atoms with Crippen LogP contribution in [0.25, 0.3) is 0 Å². The Morgan fingerprint density at radius 2 is 2.00 bits per heavy atom. The molecule has 3 aliphatic rings. The number of amides is 1. The van der Waals surface area contributed by atoms with Crippen molar-refractivity contribution >= 4 is 12.1 Å². The zero-order valence-corrected chi connectivity index (χ0v) is 15.8. The zero-order chi connectivity index (χ0) is 17.8. The molecule has 5 nitrogen and oxygen atoms in total. The Balaban J connectivity index is 1.38. The summed E-state index contributed by atoms with van der Waals surface area (Å²) in [6.07, 6.45) is 5.91. The maximum atomic E-state index is 11.8. The monoisotopic (exact) mass is 344 g/mol. The number of hydrogen-bond acceptors (Lipinski definition) is 4. The average molecular weight is 345 g/mol. The van der Waals surface area contributed by atoms with Crippen molar-refractivity contribution in [1.82, 2.24) is 14.7 Å². The highest BCUT2D eigenvalue weighted by Gasteiger charge is 2.36. The molecule has 0 aromatic carbocycles. The van der Waals surface area contributed by atoms with Crippen molar-refractivity contribution in [2.75, 3.05) is 45.8 Å². The third-order valence-electron chi connectivity index (χ3n) is 5.63. The second-order valence-electron chi connectivity index (χ2n) is 7.58. The van der Waals surface area contributed by atoms with Gasteiger partial charge in [-0.2, -0.15) is 0 Å². The molecule has 3 rings (SSSR count). The summed E-state index contributed by atoms with van der Waals surface area (Å²) < 4.78 is 0. The molecule has 3 aliphatic heterocycles. The highest BCUT2D eigenvalue weighted by atomic mass is 16.2. The molecule has 0 aromatic heterocycles. The summed E-state index contributed by atoms with van der Waals surface area (Å²) in [4.78, 5) is 23.4. The summed E-state index contributed by atoms with van der Waals surface area (Å²) >= 11 is 0. The summed E-state index contributed by atoms with van der Waals surface area (Å²) in [6, 6.07) is 0.484. The number of likely N-dealkylation sites (tertiary alicyclic amines) is 2. The lowest BCUT2D eigenvalue weighted by atomic mass is 10.0. The molecule has 0 aliphatic carbocycles. The third-order valence-corrected chi connectivity index (χ3v) is 5.63. The minimum atomic E-state index is 0.364. The van der Waals surface area contributed by atoms with E-state index < -0.39 is 0 Å². The molecular weight excluding hydrogens is 312 g/mol. The Kier molecular flexibility index (Phi) is 6.07. The molecule has 0 spiro atoms. The van der Waals surface area contributed by atoms with E-state index in [0.717, 1.165) is 70.6 Å². The van der Waals surface area contributed by atoms with Gasteiger partial charge in [0.2, 0.25) is 5.91 Å². The predicted molar refractivity (Wildman–Crippen MR) is 103 cm³/mol. The number of nitrogens with zero attached hydrogens (tertiary/aromatic N) is 4. The minimum Gasteiger partial charge on any atom is -0.337 e. The quantitative estimate of drug-likeness (QED) is 0.665. The maximum absolute atomic E-state index is 11.8. The molecule has 3 heterocycles. The number of aliphatic imine (C=N–C) groups is 1. The molecule has 0 saturated carbocycles. The zero-order valence-electron chi connectivity index (χ0n) is 15.8. The number of rotatable bonds is 7. The number of carbonyl (C=O) groups is 1. The van der Waals surface area contributed by atoms with E-state index in [2.05, 4.69) is 33.2 Å². The van der Waals surface area contributed by atoms with E-state index in [-0.39, 0.29) is 0 Å². The van der Waals surface area contributed by atoms with Gasteiger partial charge >= 0.3 is 0 Å².